The fourth-order valence-corrected chi connectivity index (χ4v) is 10.9. The van der Waals surface area contributed by atoms with E-state index in [-0.39, 0.29) is 14.5 Å². The van der Waals surface area contributed by atoms with E-state index in [9.17, 15) is 0 Å². The van der Waals surface area contributed by atoms with Crippen molar-refractivity contribution in [2.75, 3.05) is 4.90 Å². The van der Waals surface area contributed by atoms with Crippen molar-refractivity contribution in [3.8, 4) is 11.1 Å². The molecule has 0 saturated heterocycles. The van der Waals surface area contributed by atoms with Crippen molar-refractivity contribution in [3.05, 3.63) is 210 Å². The average molecular weight is 689 g/mol. The Morgan fingerprint density at radius 3 is 1.76 bits per heavy atom. The molecule has 0 spiro atoms. The van der Waals surface area contributed by atoms with E-state index >= 15 is 0 Å². The SMILES string of the molecule is c1ccc(N(c2ccc3c(c2)-c2ccccc2C3(c2ccccc2)c2ccccc2)c2ccc3c(c2)[se]c2c4ccccc4ccc32)cc1. The monoisotopic (exact) mass is 689 g/mol. The van der Waals surface area contributed by atoms with Crippen LogP contribution in [0, 0.1) is 0 Å². The standard InChI is InChI=1S/C47H31NSe/c1-4-15-33(16-5-1)47(34-17-6-2-7-18-34)43-23-13-12-22-39(43)42-30-36(26-29-44(42)47)48(35-19-8-3-9-20-35)37-25-28-40-41-27-24-32-14-10-11-21-38(32)46(41)49-45(40)31-37/h1-31H. The Kier molecular flexibility index (Phi) is 6.49. The minimum absolute atomic E-state index is 0.228. The molecule has 0 saturated carbocycles. The number of anilines is 3. The summed E-state index contributed by atoms with van der Waals surface area (Å²) < 4.78 is 2.94. The number of nitrogens with zero attached hydrogens (tertiary/aromatic N) is 1. The molecule has 230 valence electrons. The first-order chi connectivity index (χ1) is 24.3. The van der Waals surface area contributed by atoms with Crippen LogP contribution in [0.1, 0.15) is 22.3 Å². The maximum absolute atomic E-state index is 2.44. The Morgan fingerprint density at radius 1 is 0.388 bits per heavy atom. The number of fused-ring (bicyclic) bond motifs is 8. The molecule has 9 aromatic rings. The predicted molar refractivity (Wildman–Crippen MR) is 208 cm³/mol. The fraction of sp³-hybridized carbons (Fsp3) is 0.0213. The molecule has 10 rings (SSSR count). The van der Waals surface area contributed by atoms with Gasteiger partial charge in [0.05, 0.1) is 0 Å². The number of rotatable bonds is 5. The molecular weight excluding hydrogens is 657 g/mol. The van der Waals surface area contributed by atoms with Crippen molar-refractivity contribution in [2.45, 2.75) is 5.41 Å². The van der Waals surface area contributed by atoms with Crippen molar-refractivity contribution in [2.24, 2.45) is 0 Å². The first-order valence-electron chi connectivity index (χ1n) is 16.9. The normalized spacial score (nSPS) is 13.1. The molecule has 2 heteroatoms. The first kappa shape index (κ1) is 28.4. The van der Waals surface area contributed by atoms with E-state index in [4.69, 9.17) is 0 Å². The molecule has 0 bridgehead atoms. The van der Waals surface area contributed by atoms with E-state index in [0.717, 1.165) is 11.4 Å². The molecule has 0 atom stereocenters. The van der Waals surface area contributed by atoms with Gasteiger partial charge in [0.15, 0.2) is 0 Å². The van der Waals surface area contributed by atoms with Crippen LogP contribution in [0.2, 0.25) is 0 Å². The van der Waals surface area contributed by atoms with Gasteiger partial charge in [0.2, 0.25) is 0 Å². The van der Waals surface area contributed by atoms with Crippen LogP contribution < -0.4 is 4.90 Å². The Bertz CT molecular complexity index is 2620. The Balaban J connectivity index is 1.20. The third-order valence-corrected chi connectivity index (χ3v) is 12.8. The second kappa shape index (κ2) is 11.2. The van der Waals surface area contributed by atoms with Crippen molar-refractivity contribution >= 4 is 61.6 Å². The molecule has 0 unspecified atom stereocenters. The van der Waals surface area contributed by atoms with Gasteiger partial charge in [-0.25, -0.2) is 0 Å². The van der Waals surface area contributed by atoms with Gasteiger partial charge < -0.3 is 0 Å². The molecular formula is C47H31NSe. The van der Waals surface area contributed by atoms with Gasteiger partial charge in [-0.2, -0.15) is 0 Å². The van der Waals surface area contributed by atoms with Gasteiger partial charge in [0.1, 0.15) is 0 Å². The molecule has 1 nitrogen and oxygen atoms in total. The molecule has 0 N–H and O–H groups in total. The van der Waals surface area contributed by atoms with E-state index in [1.54, 1.807) is 0 Å². The number of hydrogen-bond donors (Lipinski definition) is 0. The second-order valence-corrected chi connectivity index (χ2v) is 15.1. The van der Waals surface area contributed by atoms with Crippen molar-refractivity contribution in [1.29, 1.82) is 0 Å². The summed E-state index contributed by atoms with van der Waals surface area (Å²) in [4.78, 5) is 2.44. The van der Waals surface area contributed by atoms with Crippen LogP contribution in [0.25, 0.3) is 41.2 Å². The van der Waals surface area contributed by atoms with Crippen LogP contribution in [-0.4, -0.2) is 14.5 Å². The Hall–Kier alpha value is -5.66. The van der Waals surface area contributed by atoms with Crippen LogP contribution in [0.3, 0.4) is 0 Å². The second-order valence-electron chi connectivity index (χ2n) is 12.9. The summed E-state index contributed by atoms with van der Waals surface area (Å²) >= 11 is 0.228. The van der Waals surface area contributed by atoms with Crippen molar-refractivity contribution in [3.63, 3.8) is 0 Å². The van der Waals surface area contributed by atoms with Gasteiger partial charge >= 0.3 is 281 Å². The van der Waals surface area contributed by atoms with Gasteiger partial charge in [0.25, 0.3) is 0 Å². The van der Waals surface area contributed by atoms with E-state index in [2.05, 4.69) is 193 Å². The summed E-state index contributed by atoms with van der Waals surface area (Å²) in [6, 6.07) is 69.5. The molecule has 49 heavy (non-hydrogen) atoms. The quantitative estimate of drug-likeness (QED) is 0.163. The molecule has 8 aromatic carbocycles. The summed E-state index contributed by atoms with van der Waals surface area (Å²) in [7, 11) is 0. The van der Waals surface area contributed by atoms with Gasteiger partial charge in [-0.1, -0.05) is 12.1 Å². The predicted octanol–water partition coefficient (Wildman–Crippen LogP) is 12.0. The number of benzene rings is 8. The summed E-state index contributed by atoms with van der Waals surface area (Å²) in [5, 5.41) is 5.47. The third kappa shape index (κ3) is 4.25. The summed E-state index contributed by atoms with van der Waals surface area (Å²) in [5.41, 5.74) is 10.9. The van der Waals surface area contributed by atoms with Crippen molar-refractivity contribution in [1.82, 2.24) is 0 Å². The van der Waals surface area contributed by atoms with Gasteiger partial charge in [-0.05, 0) is 0 Å². The molecule has 0 fully saturated rings. The zero-order chi connectivity index (χ0) is 32.4. The molecule has 0 radical (unpaired) electrons. The average Bonchev–Trinajstić information content (AvgIpc) is 3.70. The van der Waals surface area contributed by atoms with Crippen molar-refractivity contribution < 1.29 is 0 Å². The Labute approximate surface area is 292 Å². The van der Waals surface area contributed by atoms with E-state index in [1.807, 2.05) is 0 Å². The topological polar surface area (TPSA) is 3.24 Å². The summed E-state index contributed by atoms with van der Waals surface area (Å²) in [6.07, 6.45) is 0. The summed E-state index contributed by atoms with van der Waals surface area (Å²) in [6.45, 7) is 0. The zero-order valence-electron chi connectivity index (χ0n) is 26.8. The molecule has 0 amide bonds. The van der Waals surface area contributed by atoms with E-state index < -0.39 is 5.41 Å². The van der Waals surface area contributed by atoms with Crippen LogP contribution >= 0.6 is 0 Å². The number of para-hydroxylation sites is 1. The maximum atomic E-state index is 2.44. The first-order valence-corrected chi connectivity index (χ1v) is 18.6. The van der Waals surface area contributed by atoms with Crippen LogP contribution in [0.15, 0.2) is 188 Å². The number of hydrogen-bond acceptors (Lipinski definition) is 1. The fourth-order valence-electron chi connectivity index (χ4n) is 8.23. The van der Waals surface area contributed by atoms with E-state index in [0.29, 0.717) is 0 Å². The molecule has 0 aliphatic heterocycles. The van der Waals surface area contributed by atoms with Gasteiger partial charge in [-0.15, -0.1) is 0 Å². The minimum atomic E-state index is -0.408. The third-order valence-electron chi connectivity index (χ3n) is 10.3. The van der Waals surface area contributed by atoms with Crippen LogP contribution in [-0.2, 0) is 5.41 Å². The molecule has 1 aliphatic carbocycles. The molecule has 1 aliphatic rings. The molecule has 1 heterocycles. The molecule has 1 aromatic heterocycles. The Morgan fingerprint density at radius 2 is 0.980 bits per heavy atom. The van der Waals surface area contributed by atoms with Gasteiger partial charge in [-0.3, -0.25) is 0 Å². The van der Waals surface area contributed by atoms with Gasteiger partial charge in [0, 0.05) is 0 Å². The van der Waals surface area contributed by atoms with E-state index in [1.165, 1.54) is 69.1 Å². The van der Waals surface area contributed by atoms with Crippen LogP contribution in [0.5, 0.6) is 0 Å². The summed E-state index contributed by atoms with van der Waals surface area (Å²) in [5.74, 6) is 0. The zero-order valence-corrected chi connectivity index (χ0v) is 28.5. The van der Waals surface area contributed by atoms with Crippen LogP contribution in [0.4, 0.5) is 17.1 Å².